The molecule has 4 unspecified atom stereocenters. The molecule has 31 heavy (non-hydrogen) atoms. The second-order valence-electron chi connectivity index (χ2n) is 7.05. The highest BCUT2D eigenvalue weighted by atomic mass is 32.1. The van der Waals surface area contributed by atoms with E-state index in [2.05, 4.69) is 38.5 Å². The maximum Gasteiger partial charge on any atom is 0.326 e. The molecular formula is C18H31N7O5S. The number of unbranched alkanes of at least 4 members (excludes halogenated alkanes) is 1. The minimum absolute atomic E-state index is 0.0628. The highest BCUT2D eigenvalue weighted by molar-refractivity contribution is 7.80. The van der Waals surface area contributed by atoms with Crippen molar-refractivity contribution in [1.82, 2.24) is 25.9 Å². The number of aliphatic carboxylic acids is 1. The highest BCUT2D eigenvalue weighted by Gasteiger charge is 2.28. The third-order valence-corrected chi connectivity index (χ3v) is 4.83. The van der Waals surface area contributed by atoms with E-state index in [0.717, 1.165) is 0 Å². The van der Waals surface area contributed by atoms with Crippen LogP contribution in [-0.4, -0.2) is 75.2 Å². The quantitative estimate of drug-likeness (QED) is 0.114. The van der Waals surface area contributed by atoms with Gasteiger partial charge in [-0.15, -0.1) is 0 Å². The number of rotatable bonds is 14. The van der Waals surface area contributed by atoms with E-state index in [1.165, 1.54) is 13.3 Å². The zero-order valence-electron chi connectivity index (χ0n) is 17.3. The topological polar surface area (TPSA) is 205 Å². The molecule has 0 aliphatic rings. The minimum Gasteiger partial charge on any atom is -0.480 e. The molecule has 0 spiro atoms. The van der Waals surface area contributed by atoms with E-state index in [0.29, 0.717) is 25.1 Å². The third-order valence-electron chi connectivity index (χ3n) is 4.46. The minimum atomic E-state index is -1.18. The van der Waals surface area contributed by atoms with E-state index in [1.807, 2.05) is 0 Å². The molecule has 0 aliphatic carbocycles. The molecule has 0 radical (unpaired) electrons. The molecule has 3 amide bonds. The van der Waals surface area contributed by atoms with Crippen LogP contribution < -0.4 is 27.4 Å². The number of nitrogens with two attached hydrogens (primary N) is 2. The van der Waals surface area contributed by atoms with Crippen molar-refractivity contribution in [2.24, 2.45) is 11.5 Å². The van der Waals surface area contributed by atoms with Gasteiger partial charge in [0.1, 0.15) is 18.1 Å². The van der Waals surface area contributed by atoms with Gasteiger partial charge in [-0.25, -0.2) is 9.78 Å². The first kappa shape index (κ1) is 26.4. The number of aromatic nitrogens is 2. The Labute approximate surface area is 185 Å². The fourth-order valence-corrected chi connectivity index (χ4v) is 2.88. The number of nitrogens with one attached hydrogen (secondary N) is 4. The van der Waals surface area contributed by atoms with Gasteiger partial charge in [0.2, 0.25) is 17.7 Å². The average molecular weight is 458 g/mol. The van der Waals surface area contributed by atoms with Gasteiger partial charge in [-0.2, -0.15) is 12.6 Å². The van der Waals surface area contributed by atoms with Crippen molar-refractivity contribution in [1.29, 1.82) is 0 Å². The Balaban J connectivity index is 2.57. The Morgan fingerprint density at radius 3 is 2.35 bits per heavy atom. The Kier molecular flexibility index (Phi) is 11.6. The zero-order valence-corrected chi connectivity index (χ0v) is 18.2. The van der Waals surface area contributed by atoms with Gasteiger partial charge in [0, 0.05) is 24.1 Å². The molecule has 12 nitrogen and oxygen atoms in total. The summed E-state index contributed by atoms with van der Waals surface area (Å²) >= 11 is 4.05. The number of imidazole rings is 1. The molecular weight excluding hydrogens is 426 g/mol. The second kappa shape index (κ2) is 13.6. The average Bonchev–Trinajstić information content (AvgIpc) is 3.23. The number of carbonyl (C=O) groups excluding carboxylic acids is 3. The van der Waals surface area contributed by atoms with Crippen molar-refractivity contribution in [3.05, 3.63) is 18.2 Å². The summed E-state index contributed by atoms with van der Waals surface area (Å²) in [6.07, 6.45) is 4.60. The number of carbonyl (C=O) groups is 4. The van der Waals surface area contributed by atoms with Crippen LogP contribution in [0.4, 0.5) is 0 Å². The van der Waals surface area contributed by atoms with Crippen molar-refractivity contribution in [2.75, 3.05) is 12.3 Å². The van der Waals surface area contributed by atoms with E-state index >= 15 is 0 Å². The number of hydrogen-bond acceptors (Lipinski definition) is 8. The molecule has 4 atom stereocenters. The maximum atomic E-state index is 12.4. The molecule has 9 N–H and O–H groups in total. The van der Waals surface area contributed by atoms with Crippen molar-refractivity contribution in [3.63, 3.8) is 0 Å². The number of nitrogens with zero attached hydrogens (tertiary/aromatic N) is 1. The molecule has 0 aliphatic heterocycles. The molecule has 1 aromatic heterocycles. The third kappa shape index (κ3) is 9.36. The number of amides is 3. The summed E-state index contributed by atoms with van der Waals surface area (Å²) < 4.78 is 0. The van der Waals surface area contributed by atoms with Crippen LogP contribution in [0.15, 0.2) is 12.5 Å². The summed E-state index contributed by atoms with van der Waals surface area (Å²) in [7, 11) is 0. The number of H-pyrrole nitrogens is 1. The van der Waals surface area contributed by atoms with Crippen LogP contribution in [0, 0.1) is 0 Å². The first-order valence-corrected chi connectivity index (χ1v) is 10.5. The summed E-state index contributed by atoms with van der Waals surface area (Å²) in [4.78, 5) is 55.0. The van der Waals surface area contributed by atoms with Gasteiger partial charge < -0.3 is 37.5 Å². The second-order valence-corrected chi connectivity index (χ2v) is 7.41. The first-order valence-electron chi connectivity index (χ1n) is 9.87. The van der Waals surface area contributed by atoms with E-state index in [-0.39, 0.29) is 18.6 Å². The Bertz CT molecular complexity index is 731. The molecule has 1 aromatic rings. The largest absolute Gasteiger partial charge is 0.480 e. The smallest absolute Gasteiger partial charge is 0.326 e. The van der Waals surface area contributed by atoms with E-state index in [1.54, 1.807) is 6.20 Å². The number of carboxylic acid groups (broad SMARTS) is 1. The van der Waals surface area contributed by atoms with Gasteiger partial charge in [-0.05, 0) is 32.7 Å². The van der Waals surface area contributed by atoms with Crippen LogP contribution in [0.3, 0.4) is 0 Å². The number of hydrogen-bond donors (Lipinski definition) is 8. The van der Waals surface area contributed by atoms with E-state index < -0.39 is 47.9 Å². The lowest BCUT2D eigenvalue weighted by molar-refractivity contribution is -0.142. The Morgan fingerprint density at radius 2 is 1.81 bits per heavy atom. The molecule has 0 bridgehead atoms. The van der Waals surface area contributed by atoms with Gasteiger partial charge in [0.25, 0.3) is 0 Å². The summed E-state index contributed by atoms with van der Waals surface area (Å²) in [6.45, 7) is 1.86. The van der Waals surface area contributed by atoms with Gasteiger partial charge in [0.05, 0.1) is 12.4 Å². The van der Waals surface area contributed by atoms with E-state index in [4.69, 9.17) is 11.5 Å². The number of thiol groups is 1. The van der Waals surface area contributed by atoms with Crippen molar-refractivity contribution in [3.8, 4) is 0 Å². The van der Waals surface area contributed by atoms with Crippen LogP contribution in [0.5, 0.6) is 0 Å². The molecule has 1 heterocycles. The van der Waals surface area contributed by atoms with Crippen molar-refractivity contribution >= 4 is 36.3 Å². The molecule has 0 aromatic carbocycles. The monoisotopic (exact) mass is 457 g/mol. The lowest BCUT2D eigenvalue weighted by Gasteiger charge is -2.22. The molecule has 1 rings (SSSR count). The molecule has 13 heteroatoms. The molecule has 174 valence electrons. The Hall–Kier alpha value is -2.64. The van der Waals surface area contributed by atoms with Gasteiger partial charge in [-0.1, -0.05) is 0 Å². The standard InChI is InChI=1S/C18H31N7O5S/c1-10(23-16(27)12(20)6-11-7-21-9-22-11)15(26)25-14(8-31)17(28)24-13(18(29)30)4-2-3-5-19/h7,9-10,12-14,31H,2-6,8,19-20H2,1H3,(H,21,22)(H,23,27)(H,24,28)(H,25,26)(H,29,30). The summed E-state index contributed by atoms with van der Waals surface area (Å²) in [5, 5.41) is 16.6. The van der Waals surface area contributed by atoms with Crippen molar-refractivity contribution in [2.45, 2.75) is 56.8 Å². The van der Waals surface area contributed by atoms with E-state index in [9.17, 15) is 24.3 Å². The first-order chi connectivity index (χ1) is 14.7. The summed E-state index contributed by atoms with van der Waals surface area (Å²) in [5.41, 5.74) is 11.9. The van der Waals surface area contributed by atoms with Crippen LogP contribution in [0.2, 0.25) is 0 Å². The Morgan fingerprint density at radius 1 is 1.13 bits per heavy atom. The summed E-state index contributed by atoms with van der Waals surface area (Å²) in [5.74, 6) is -3.10. The summed E-state index contributed by atoms with van der Waals surface area (Å²) in [6, 6.07) is -4.05. The highest BCUT2D eigenvalue weighted by Crippen LogP contribution is 2.03. The number of aromatic amines is 1. The lowest BCUT2D eigenvalue weighted by atomic mass is 10.1. The SMILES string of the molecule is CC(NC(=O)C(N)Cc1cnc[nH]1)C(=O)NC(CS)C(=O)NC(CCCCN)C(=O)O. The van der Waals surface area contributed by atoms with Crippen LogP contribution in [0.1, 0.15) is 31.9 Å². The van der Waals surface area contributed by atoms with Gasteiger partial charge in [0.15, 0.2) is 0 Å². The maximum absolute atomic E-state index is 12.4. The molecule has 0 fully saturated rings. The number of carboxylic acids is 1. The fourth-order valence-electron chi connectivity index (χ4n) is 2.63. The van der Waals surface area contributed by atoms with Gasteiger partial charge >= 0.3 is 5.97 Å². The normalized spacial score (nSPS) is 14.7. The fraction of sp³-hybridized carbons (Fsp3) is 0.611. The van der Waals surface area contributed by atoms with Gasteiger partial charge in [-0.3, -0.25) is 14.4 Å². The van der Waals surface area contributed by atoms with Crippen LogP contribution >= 0.6 is 12.6 Å². The van der Waals surface area contributed by atoms with Crippen molar-refractivity contribution < 1.29 is 24.3 Å². The van der Waals surface area contributed by atoms with Crippen LogP contribution in [0.25, 0.3) is 0 Å². The predicted molar refractivity (Wildman–Crippen MR) is 116 cm³/mol. The molecule has 0 saturated heterocycles. The molecule has 0 saturated carbocycles. The van der Waals surface area contributed by atoms with Crippen LogP contribution in [-0.2, 0) is 25.6 Å². The predicted octanol–water partition coefficient (Wildman–Crippen LogP) is -2.10. The lowest BCUT2D eigenvalue weighted by Crippen LogP contribution is -2.57. The zero-order chi connectivity index (χ0) is 23.4.